The lowest BCUT2D eigenvalue weighted by Crippen LogP contribution is -2.59. The van der Waals surface area contributed by atoms with E-state index in [9.17, 15) is 24.0 Å². The highest BCUT2D eigenvalue weighted by Gasteiger charge is 2.56. The van der Waals surface area contributed by atoms with Crippen molar-refractivity contribution in [1.82, 2.24) is 25.8 Å². The van der Waals surface area contributed by atoms with Crippen LogP contribution in [0.3, 0.4) is 0 Å². The lowest BCUT2D eigenvalue weighted by atomic mass is 9.85. The minimum Gasteiger partial charge on any atom is -0.446 e. The summed E-state index contributed by atoms with van der Waals surface area (Å²) in [6.07, 6.45) is 5.42. The molecule has 13 heteroatoms. The van der Waals surface area contributed by atoms with Gasteiger partial charge in [0.1, 0.15) is 24.0 Å². The number of oxime groups is 1. The number of ether oxygens (including phenoxy) is 1. The molecular formula is C35H48N6O7. The molecule has 0 unspecified atom stereocenters. The van der Waals surface area contributed by atoms with Crippen molar-refractivity contribution in [2.24, 2.45) is 16.5 Å². The van der Waals surface area contributed by atoms with E-state index in [1.54, 1.807) is 0 Å². The Morgan fingerprint density at radius 3 is 2.29 bits per heavy atom. The Morgan fingerprint density at radius 1 is 1.02 bits per heavy atom. The highest BCUT2D eigenvalue weighted by atomic mass is 16.7. The zero-order chi connectivity index (χ0) is 34.2. The summed E-state index contributed by atoms with van der Waals surface area (Å²) >= 11 is 0. The number of amides is 4. The van der Waals surface area contributed by atoms with Gasteiger partial charge in [-0.25, -0.2) is 4.79 Å². The van der Waals surface area contributed by atoms with Gasteiger partial charge in [-0.3, -0.25) is 19.2 Å². The fourth-order valence-electron chi connectivity index (χ4n) is 7.39. The van der Waals surface area contributed by atoms with E-state index in [1.165, 1.54) is 23.1 Å². The molecule has 4 amide bonds. The van der Waals surface area contributed by atoms with Crippen LogP contribution in [0, 0.1) is 11.3 Å². The Labute approximate surface area is 281 Å². The normalized spacial score (nSPS) is 24.8. The van der Waals surface area contributed by atoms with Crippen LogP contribution in [0.15, 0.2) is 29.4 Å². The number of ketones is 1. The lowest BCUT2D eigenvalue weighted by Gasteiger charge is -2.35. The zero-order valence-corrected chi connectivity index (χ0v) is 28.4. The van der Waals surface area contributed by atoms with Crippen LogP contribution in [0.5, 0.6) is 0 Å². The number of alkyl carbamates (subject to hydrolysis) is 1. The van der Waals surface area contributed by atoms with Gasteiger partial charge in [0, 0.05) is 26.6 Å². The number of likely N-dealkylation sites (N-methyl/N-ethyl adjacent to an activating group) is 1. The molecule has 0 radical (unpaired) electrons. The molecule has 0 bridgehead atoms. The molecule has 2 aliphatic carbocycles. The number of nitrogens with zero attached hydrogens (tertiary/aromatic N) is 3. The van der Waals surface area contributed by atoms with Gasteiger partial charge in [0.2, 0.25) is 17.6 Å². The largest absolute Gasteiger partial charge is 0.446 e. The Hall–Kier alpha value is -4.16. The van der Waals surface area contributed by atoms with Crippen molar-refractivity contribution in [2.75, 3.05) is 13.6 Å². The molecule has 5 aliphatic rings. The molecular weight excluding hydrogens is 616 g/mol. The SMILES string of the molecule is CNC(=O)C(=O)[C@H](CC1CC1)NC(=O)[C@@H]1C[C@]2(CC(N3Cc4ccccc4C3)=NO2)CN1C(=O)[C@@H](NC(=O)OC1CCCC1)C(C)(C)C. The van der Waals surface area contributed by atoms with Crippen molar-refractivity contribution in [3.05, 3.63) is 35.4 Å². The third-order valence-corrected chi connectivity index (χ3v) is 10.3. The molecule has 3 aliphatic heterocycles. The highest BCUT2D eigenvalue weighted by molar-refractivity contribution is 6.38. The van der Waals surface area contributed by atoms with Gasteiger partial charge in [-0.15, -0.1) is 0 Å². The van der Waals surface area contributed by atoms with E-state index in [4.69, 9.17) is 9.57 Å². The van der Waals surface area contributed by atoms with Crippen molar-refractivity contribution < 1.29 is 33.5 Å². The van der Waals surface area contributed by atoms with Crippen LogP contribution in [0.25, 0.3) is 0 Å². The maximum absolute atomic E-state index is 14.5. The Morgan fingerprint density at radius 2 is 1.69 bits per heavy atom. The second-order valence-corrected chi connectivity index (χ2v) is 15.2. The first-order chi connectivity index (χ1) is 22.9. The molecule has 3 fully saturated rings. The number of likely N-dealkylation sites (tertiary alicyclic amines) is 1. The summed E-state index contributed by atoms with van der Waals surface area (Å²) < 4.78 is 5.65. The predicted octanol–water partition coefficient (Wildman–Crippen LogP) is 2.76. The monoisotopic (exact) mass is 664 g/mol. The van der Waals surface area contributed by atoms with E-state index in [2.05, 4.69) is 38.1 Å². The van der Waals surface area contributed by atoms with Gasteiger partial charge < -0.3 is 35.3 Å². The number of hydrogen-bond donors (Lipinski definition) is 3. The van der Waals surface area contributed by atoms with Crippen molar-refractivity contribution in [3.8, 4) is 0 Å². The van der Waals surface area contributed by atoms with E-state index < -0.39 is 58.7 Å². The van der Waals surface area contributed by atoms with Crippen LogP contribution >= 0.6 is 0 Å². The summed E-state index contributed by atoms with van der Waals surface area (Å²) in [7, 11) is 1.38. The summed E-state index contributed by atoms with van der Waals surface area (Å²) in [4.78, 5) is 76.8. The van der Waals surface area contributed by atoms with E-state index in [0.29, 0.717) is 25.9 Å². The molecule has 48 heavy (non-hydrogen) atoms. The number of nitrogens with one attached hydrogen (secondary N) is 3. The summed E-state index contributed by atoms with van der Waals surface area (Å²) in [5.41, 5.74) is 0.720. The number of carbonyl (C=O) groups excluding carboxylic acids is 5. The highest BCUT2D eigenvalue weighted by Crippen LogP contribution is 2.41. The second-order valence-electron chi connectivity index (χ2n) is 15.2. The van der Waals surface area contributed by atoms with Crippen LogP contribution in [-0.4, -0.2) is 88.7 Å². The van der Waals surface area contributed by atoms with Crippen LogP contribution in [0.2, 0.25) is 0 Å². The number of fused-ring (bicyclic) bond motifs is 1. The van der Waals surface area contributed by atoms with Gasteiger partial charge in [0.15, 0.2) is 5.60 Å². The van der Waals surface area contributed by atoms with Gasteiger partial charge in [-0.2, -0.15) is 0 Å². The third-order valence-electron chi connectivity index (χ3n) is 10.3. The summed E-state index contributed by atoms with van der Waals surface area (Å²) in [5.74, 6) is -1.51. The van der Waals surface area contributed by atoms with E-state index in [-0.39, 0.29) is 25.0 Å². The Balaban J connectivity index is 1.23. The fraction of sp³-hybridized carbons (Fsp3) is 0.657. The number of rotatable bonds is 9. The number of benzene rings is 1. The van der Waals surface area contributed by atoms with Crippen LogP contribution in [-0.2, 0) is 41.8 Å². The van der Waals surface area contributed by atoms with Gasteiger partial charge in [0.05, 0.1) is 19.0 Å². The quantitative estimate of drug-likeness (QED) is 0.340. The minimum atomic E-state index is -1.03. The molecule has 13 nitrogen and oxygen atoms in total. The Bertz CT molecular complexity index is 1450. The van der Waals surface area contributed by atoms with Crippen LogP contribution in [0.4, 0.5) is 4.79 Å². The average molecular weight is 665 g/mol. The van der Waals surface area contributed by atoms with Gasteiger partial charge in [-0.05, 0) is 54.6 Å². The van der Waals surface area contributed by atoms with Gasteiger partial charge in [-0.1, -0.05) is 63.0 Å². The first kappa shape index (κ1) is 33.7. The third kappa shape index (κ3) is 7.29. The van der Waals surface area contributed by atoms with Crippen LogP contribution in [0.1, 0.15) is 89.7 Å². The minimum absolute atomic E-state index is 0.0559. The lowest BCUT2D eigenvalue weighted by molar-refractivity contribution is -0.144. The smallest absolute Gasteiger partial charge is 0.408 e. The van der Waals surface area contributed by atoms with Gasteiger partial charge >= 0.3 is 6.09 Å². The van der Waals surface area contributed by atoms with Gasteiger partial charge in [0.25, 0.3) is 5.91 Å². The Kier molecular flexibility index (Phi) is 9.41. The topological polar surface area (TPSA) is 159 Å². The molecule has 260 valence electrons. The standard InChI is InChI=1S/C35H48N6O7/c1-34(2,3)29(38-33(46)47-24-11-7-8-12-24)32(45)41-20-35(17-27(39-48-35)40-18-22-9-5-6-10-23(22)19-40)16-26(41)30(43)37-25(15-21-13-14-21)28(42)31(44)36-4/h5-6,9-10,21,24-26,29H,7-8,11-20H2,1-4H3,(H,36,44)(H,37,43)(H,38,46)/t25-,26-,29+,35-/m0/s1. The summed E-state index contributed by atoms with van der Waals surface area (Å²) in [5, 5.41) is 12.5. The number of hydrogen-bond acceptors (Lipinski definition) is 9. The molecule has 0 aromatic heterocycles. The van der Waals surface area contributed by atoms with Crippen LogP contribution < -0.4 is 16.0 Å². The molecule has 2 saturated carbocycles. The summed E-state index contributed by atoms with van der Waals surface area (Å²) in [6.45, 7) is 6.96. The molecule has 3 heterocycles. The van der Waals surface area contributed by atoms with E-state index in [1.807, 2.05) is 32.9 Å². The number of Topliss-reactive ketones (excluding diaryl/α,β-unsaturated/α-hetero) is 1. The van der Waals surface area contributed by atoms with E-state index in [0.717, 1.165) is 44.4 Å². The fourth-order valence-corrected chi connectivity index (χ4v) is 7.39. The van der Waals surface area contributed by atoms with Crippen molar-refractivity contribution in [3.63, 3.8) is 0 Å². The molecule has 1 aromatic rings. The molecule has 1 spiro atoms. The second kappa shape index (κ2) is 13.4. The summed E-state index contributed by atoms with van der Waals surface area (Å²) in [6, 6.07) is 5.14. The molecule has 6 rings (SSSR count). The molecule has 3 N–H and O–H groups in total. The van der Waals surface area contributed by atoms with Crippen molar-refractivity contribution in [2.45, 2.75) is 121 Å². The maximum Gasteiger partial charge on any atom is 0.408 e. The van der Waals surface area contributed by atoms with Crippen molar-refractivity contribution in [1.29, 1.82) is 0 Å². The molecule has 1 saturated heterocycles. The first-order valence-electron chi connectivity index (χ1n) is 17.3. The molecule has 4 atom stereocenters. The first-order valence-corrected chi connectivity index (χ1v) is 17.3. The van der Waals surface area contributed by atoms with Crippen molar-refractivity contribution >= 4 is 35.4 Å². The number of amidine groups is 1. The molecule has 1 aromatic carbocycles. The number of carbonyl (C=O) groups is 5. The zero-order valence-electron chi connectivity index (χ0n) is 28.4. The maximum atomic E-state index is 14.5. The van der Waals surface area contributed by atoms with E-state index >= 15 is 0 Å². The average Bonchev–Trinajstić information content (AvgIpc) is 3.45. The predicted molar refractivity (Wildman–Crippen MR) is 175 cm³/mol.